The molecule has 0 aliphatic rings. The fourth-order valence-corrected chi connectivity index (χ4v) is 1.12. The molecular weight excluding hydrogens is 154 g/mol. The third-order valence-electron chi connectivity index (χ3n) is 1.65. The number of aromatic nitrogens is 3. The molecule has 0 aliphatic carbocycles. The monoisotopic (exact) mass is 161 g/mol. The largest absolute Gasteiger partial charge is 0.326 e. The molecule has 4 heteroatoms. The number of aryl methyl sites for hydroxylation is 1. The molecule has 0 spiro atoms. The van der Waals surface area contributed by atoms with Crippen molar-refractivity contribution in [1.29, 1.82) is 0 Å². The Morgan fingerprint density at radius 2 is 2.33 bits per heavy atom. The van der Waals surface area contributed by atoms with Gasteiger partial charge in [0.05, 0.1) is 10.9 Å². The van der Waals surface area contributed by atoms with Crippen LogP contribution in [-0.4, -0.2) is 15.0 Å². The van der Waals surface area contributed by atoms with Crippen molar-refractivity contribution in [1.82, 2.24) is 15.0 Å². The van der Waals surface area contributed by atoms with Gasteiger partial charge in [0.1, 0.15) is 6.33 Å². The van der Waals surface area contributed by atoms with Crippen LogP contribution in [0.5, 0.6) is 0 Å². The lowest BCUT2D eigenvalue weighted by Crippen LogP contribution is -2.08. The van der Waals surface area contributed by atoms with E-state index in [4.69, 9.17) is 0 Å². The Morgan fingerprint density at radius 1 is 1.50 bits per heavy atom. The molecule has 12 heavy (non-hydrogen) atoms. The molecule has 2 aromatic rings. The first kappa shape index (κ1) is 6.97. The van der Waals surface area contributed by atoms with Gasteiger partial charge in [-0.2, -0.15) is 0 Å². The Bertz CT molecular complexity index is 475. The van der Waals surface area contributed by atoms with E-state index in [1.807, 2.05) is 13.0 Å². The van der Waals surface area contributed by atoms with Crippen molar-refractivity contribution in [3.05, 3.63) is 34.6 Å². The van der Waals surface area contributed by atoms with Gasteiger partial charge in [-0.15, -0.1) is 0 Å². The average molecular weight is 161 g/mol. The van der Waals surface area contributed by atoms with Crippen LogP contribution in [0.15, 0.2) is 23.4 Å². The maximum absolute atomic E-state index is 11.3. The third kappa shape index (κ3) is 0.972. The van der Waals surface area contributed by atoms with Gasteiger partial charge in [0.25, 0.3) is 5.56 Å². The smallest absolute Gasteiger partial charge is 0.259 e. The summed E-state index contributed by atoms with van der Waals surface area (Å²) in [6.45, 7) is 1.82. The SMILES string of the molecule is Cc1cc2ncncc2c(=O)[nH]1. The maximum atomic E-state index is 11.3. The van der Waals surface area contributed by atoms with Gasteiger partial charge < -0.3 is 4.98 Å². The molecule has 2 heterocycles. The molecule has 0 atom stereocenters. The molecule has 2 aromatic heterocycles. The quantitative estimate of drug-likeness (QED) is 0.616. The molecule has 0 aliphatic heterocycles. The van der Waals surface area contributed by atoms with E-state index >= 15 is 0 Å². The number of hydrogen-bond acceptors (Lipinski definition) is 3. The molecule has 0 bridgehead atoms. The van der Waals surface area contributed by atoms with Gasteiger partial charge in [-0.05, 0) is 13.0 Å². The minimum atomic E-state index is -0.134. The summed E-state index contributed by atoms with van der Waals surface area (Å²) in [5, 5.41) is 0.531. The van der Waals surface area contributed by atoms with Gasteiger partial charge in [-0.3, -0.25) is 4.79 Å². The summed E-state index contributed by atoms with van der Waals surface area (Å²) in [6.07, 6.45) is 2.95. The van der Waals surface area contributed by atoms with E-state index in [2.05, 4.69) is 15.0 Å². The van der Waals surface area contributed by atoms with Gasteiger partial charge in [-0.25, -0.2) is 9.97 Å². The zero-order chi connectivity index (χ0) is 8.55. The third-order valence-corrected chi connectivity index (χ3v) is 1.65. The van der Waals surface area contributed by atoms with Crippen LogP contribution in [0.4, 0.5) is 0 Å². The average Bonchev–Trinajstić information content (AvgIpc) is 2.04. The number of fused-ring (bicyclic) bond motifs is 1. The predicted octanol–water partition coefficient (Wildman–Crippen LogP) is 0.627. The molecule has 0 radical (unpaired) electrons. The van der Waals surface area contributed by atoms with Crippen LogP contribution in [-0.2, 0) is 0 Å². The lowest BCUT2D eigenvalue weighted by Gasteiger charge is -1.95. The highest BCUT2D eigenvalue weighted by Gasteiger charge is 1.98. The zero-order valence-corrected chi connectivity index (χ0v) is 6.53. The number of nitrogens with zero attached hydrogens (tertiary/aromatic N) is 2. The molecule has 0 fully saturated rings. The van der Waals surface area contributed by atoms with Crippen LogP contribution >= 0.6 is 0 Å². The lowest BCUT2D eigenvalue weighted by molar-refractivity contribution is 1.14. The van der Waals surface area contributed by atoms with Gasteiger partial charge in [0.2, 0.25) is 0 Å². The Labute approximate surface area is 68.3 Å². The van der Waals surface area contributed by atoms with Crippen molar-refractivity contribution in [2.45, 2.75) is 6.92 Å². The molecule has 4 nitrogen and oxygen atoms in total. The van der Waals surface area contributed by atoms with Crippen LogP contribution in [0.3, 0.4) is 0 Å². The van der Waals surface area contributed by atoms with Gasteiger partial charge in [0.15, 0.2) is 0 Å². The molecule has 0 amide bonds. The first-order chi connectivity index (χ1) is 5.77. The summed E-state index contributed by atoms with van der Waals surface area (Å²) >= 11 is 0. The van der Waals surface area contributed by atoms with E-state index in [0.29, 0.717) is 10.9 Å². The number of rotatable bonds is 0. The molecule has 0 saturated heterocycles. The van der Waals surface area contributed by atoms with E-state index in [0.717, 1.165) is 5.69 Å². The summed E-state index contributed by atoms with van der Waals surface area (Å²) in [5.74, 6) is 0. The minimum absolute atomic E-state index is 0.134. The summed E-state index contributed by atoms with van der Waals surface area (Å²) < 4.78 is 0. The van der Waals surface area contributed by atoms with E-state index in [-0.39, 0.29) is 5.56 Å². The molecule has 0 saturated carbocycles. The molecule has 0 aromatic carbocycles. The number of aromatic amines is 1. The van der Waals surface area contributed by atoms with Crippen LogP contribution in [0, 0.1) is 6.92 Å². The van der Waals surface area contributed by atoms with Gasteiger partial charge in [-0.1, -0.05) is 0 Å². The Hall–Kier alpha value is -1.71. The predicted molar refractivity (Wildman–Crippen MR) is 44.9 cm³/mol. The number of hydrogen-bond donors (Lipinski definition) is 1. The molecule has 1 N–H and O–H groups in total. The highest BCUT2D eigenvalue weighted by molar-refractivity contribution is 5.76. The second kappa shape index (κ2) is 2.41. The zero-order valence-electron chi connectivity index (χ0n) is 6.53. The summed E-state index contributed by atoms with van der Waals surface area (Å²) in [6, 6.07) is 1.82. The summed E-state index contributed by atoms with van der Waals surface area (Å²) in [4.78, 5) is 21.7. The van der Waals surface area contributed by atoms with E-state index in [9.17, 15) is 4.79 Å². The summed E-state index contributed by atoms with van der Waals surface area (Å²) in [5.41, 5.74) is 1.36. The fraction of sp³-hybridized carbons (Fsp3) is 0.125. The number of nitrogens with one attached hydrogen (secondary N) is 1. The maximum Gasteiger partial charge on any atom is 0.259 e. The minimum Gasteiger partial charge on any atom is -0.326 e. The Balaban J connectivity index is 2.99. The van der Waals surface area contributed by atoms with Gasteiger partial charge >= 0.3 is 0 Å². The van der Waals surface area contributed by atoms with E-state index in [1.54, 1.807) is 0 Å². The Morgan fingerprint density at radius 3 is 3.17 bits per heavy atom. The highest BCUT2D eigenvalue weighted by atomic mass is 16.1. The number of H-pyrrole nitrogens is 1. The standard InChI is InChI=1S/C8H7N3O/c1-5-2-7-6(8(12)11-5)3-9-4-10-7/h2-4H,1H3,(H,11,12). The van der Waals surface area contributed by atoms with Crippen LogP contribution in [0.2, 0.25) is 0 Å². The fourth-order valence-electron chi connectivity index (χ4n) is 1.12. The molecular formula is C8H7N3O. The lowest BCUT2D eigenvalue weighted by atomic mass is 10.3. The van der Waals surface area contributed by atoms with Crippen molar-refractivity contribution in [3.8, 4) is 0 Å². The number of pyridine rings is 1. The van der Waals surface area contributed by atoms with Crippen molar-refractivity contribution in [2.75, 3.05) is 0 Å². The second-order valence-electron chi connectivity index (χ2n) is 2.60. The van der Waals surface area contributed by atoms with Crippen LogP contribution in [0.1, 0.15) is 5.69 Å². The topological polar surface area (TPSA) is 58.6 Å². The van der Waals surface area contributed by atoms with E-state index in [1.165, 1.54) is 12.5 Å². The van der Waals surface area contributed by atoms with Crippen LogP contribution in [0.25, 0.3) is 10.9 Å². The van der Waals surface area contributed by atoms with Crippen molar-refractivity contribution in [2.24, 2.45) is 0 Å². The van der Waals surface area contributed by atoms with Crippen LogP contribution < -0.4 is 5.56 Å². The van der Waals surface area contributed by atoms with E-state index < -0.39 is 0 Å². The van der Waals surface area contributed by atoms with Crippen molar-refractivity contribution >= 4 is 10.9 Å². The highest BCUT2D eigenvalue weighted by Crippen LogP contribution is 2.03. The molecule has 2 rings (SSSR count). The first-order valence-corrected chi connectivity index (χ1v) is 3.57. The second-order valence-corrected chi connectivity index (χ2v) is 2.60. The first-order valence-electron chi connectivity index (χ1n) is 3.57. The van der Waals surface area contributed by atoms with Crippen molar-refractivity contribution in [3.63, 3.8) is 0 Å². The normalized spacial score (nSPS) is 10.4. The molecule has 0 unspecified atom stereocenters. The summed E-state index contributed by atoms with van der Waals surface area (Å²) in [7, 11) is 0. The molecule has 60 valence electrons. The van der Waals surface area contributed by atoms with Gasteiger partial charge in [0, 0.05) is 11.9 Å². The van der Waals surface area contributed by atoms with Crippen molar-refractivity contribution < 1.29 is 0 Å². The Kier molecular flexibility index (Phi) is 1.40.